The standard InChI is InChI=1S/C18H19N3O2S2/c1-11-4-6-12(7-5-11)13-8-25-18-16(13)17(23)19-14(20-18)9-24-10-15(22)21(2)3/h4-8H,9-10H2,1-3H3,(H,19,20,23). The van der Waals surface area contributed by atoms with Gasteiger partial charge in [-0.25, -0.2) is 4.98 Å². The van der Waals surface area contributed by atoms with Crippen LogP contribution in [-0.2, 0) is 10.5 Å². The Bertz CT molecular complexity index is 959. The molecule has 3 rings (SSSR count). The number of nitrogens with one attached hydrogen (secondary N) is 1. The Kier molecular flexibility index (Phi) is 5.24. The van der Waals surface area contributed by atoms with E-state index in [0.717, 1.165) is 16.0 Å². The van der Waals surface area contributed by atoms with Gasteiger partial charge in [0.2, 0.25) is 5.91 Å². The lowest BCUT2D eigenvalue weighted by atomic mass is 10.1. The quantitative estimate of drug-likeness (QED) is 0.745. The molecule has 5 nitrogen and oxygen atoms in total. The van der Waals surface area contributed by atoms with Gasteiger partial charge in [-0.05, 0) is 12.5 Å². The highest BCUT2D eigenvalue weighted by molar-refractivity contribution is 7.99. The molecule has 25 heavy (non-hydrogen) atoms. The summed E-state index contributed by atoms with van der Waals surface area (Å²) in [5, 5.41) is 2.61. The molecule has 0 radical (unpaired) electrons. The van der Waals surface area contributed by atoms with Crippen LogP contribution in [0.1, 0.15) is 11.4 Å². The van der Waals surface area contributed by atoms with Gasteiger partial charge >= 0.3 is 0 Å². The minimum Gasteiger partial charge on any atom is -0.348 e. The van der Waals surface area contributed by atoms with E-state index in [1.54, 1.807) is 19.0 Å². The summed E-state index contributed by atoms with van der Waals surface area (Å²) in [6.07, 6.45) is 0. The molecule has 0 aliphatic rings. The summed E-state index contributed by atoms with van der Waals surface area (Å²) < 4.78 is 0. The number of benzene rings is 1. The van der Waals surface area contributed by atoms with Crippen LogP contribution < -0.4 is 5.56 Å². The van der Waals surface area contributed by atoms with Gasteiger partial charge in [0, 0.05) is 25.0 Å². The molecule has 0 fully saturated rings. The average Bonchev–Trinajstić information content (AvgIpc) is 3.00. The monoisotopic (exact) mass is 373 g/mol. The second-order valence-corrected chi connectivity index (χ2v) is 7.83. The van der Waals surface area contributed by atoms with Crippen LogP contribution >= 0.6 is 23.1 Å². The molecule has 2 heterocycles. The molecule has 130 valence electrons. The van der Waals surface area contributed by atoms with Gasteiger partial charge in [-0.3, -0.25) is 9.59 Å². The van der Waals surface area contributed by atoms with Crippen molar-refractivity contribution in [1.29, 1.82) is 0 Å². The topological polar surface area (TPSA) is 66.1 Å². The molecule has 1 amide bonds. The highest BCUT2D eigenvalue weighted by Crippen LogP contribution is 2.31. The lowest BCUT2D eigenvalue weighted by Crippen LogP contribution is -2.23. The van der Waals surface area contributed by atoms with Gasteiger partial charge in [0.05, 0.1) is 16.9 Å². The Morgan fingerprint density at radius 3 is 2.68 bits per heavy atom. The van der Waals surface area contributed by atoms with Gasteiger partial charge in [-0.1, -0.05) is 29.8 Å². The van der Waals surface area contributed by atoms with Crippen LogP contribution in [0.4, 0.5) is 0 Å². The number of thiophene rings is 1. The summed E-state index contributed by atoms with van der Waals surface area (Å²) in [5.74, 6) is 1.52. The predicted octanol–water partition coefficient (Wildman–Crippen LogP) is 3.28. The third-order valence-corrected chi connectivity index (χ3v) is 5.62. The normalized spacial score (nSPS) is 11.0. The maximum absolute atomic E-state index is 12.6. The van der Waals surface area contributed by atoms with Gasteiger partial charge in [0.15, 0.2) is 0 Å². The molecular weight excluding hydrogens is 354 g/mol. The molecule has 1 aromatic carbocycles. The number of hydrogen-bond acceptors (Lipinski definition) is 5. The fourth-order valence-corrected chi connectivity index (χ4v) is 4.20. The number of fused-ring (bicyclic) bond motifs is 1. The summed E-state index contributed by atoms with van der Waals surface area (Å²) in [7, 11) is 3.46. The Labute approximate surface area is 154 Å². The van der Waals surface area contributed by atoms with Gasteiger partial charge in [-0.2, -0.15) is 0 Å². The first kappa shape index (κ1) is 17.7. The van der Waals surface area contributed by atoms with Crippen molar-refractivity contribution in [1.82, 2.24) is 14.9 Å². The number of carbonyl (C=O) groups is 1. The van der Waals surface area contributed by atoms with E-state index in [4.69, 9.17) is 0 Å². The van der Waals surface area contributed by atoms with Crippen molar-refractivity contribution in [3.63, 3.8) is 0 Å². The molecule has 0 bridgehead atoms. The number of thioether (sulfide) groups is 1. The van der Waals surface area contributed by atoms with Crippen molar-refractivity contribution in [3.05, 3.63) is 51.4 Å². The highest BCUT2D eigenvalue weighted by Gasteiger charge is 2.13. The number of aryl methyl sites for hydroxylation is 1. The molecule has 3 aromatic rings. The maximum atomic E-state index is 12.6. The lowest BCUT2D eigenvalue weighted by Gasteiger charge is -2.09. The SMILES string of the molecule is Cc1ccc(-c2csc3nc(CSCC(=O)N(C)C)[nH]c(=O)c23)cc1. The second-order valence-electron chi connectivity index (χ2n) is 5.99. The van der Waals surface area contributed by atoms with E-state index in [0.29, 0.717) is 22.7 Å². The Balaban J connectivity index is 1.85. The van der Waals surface area contributed by atoms with E-state index >= 15 is 0 Å². The molecule has 0 saturated heterocycles. The van der Waals surface area contributed by atoms with E-state index in [2.05, 4.69) is 9.97 Å². The number of amides is 1. The molecular formula is C18H19N3O2S2. The van der Waals surface area contributed by atoms with Crippen molar-refractivity contribution in [2.45, 2.75) is 12.7 Å². The van der Waals surface area contributed by atoms with Gasteiger partial charge in [0.1, 0.15) is 10.7 Å². The van der Waals surface area contributed by atoms with E-state index in [1.807, 2.05) is 36.6 Å². The second kappa shape index (κ2) is 7.41. The summed E-state index contributed by atoms with van der Waals surface area (Å²) >= 11 is 2.92. The van der Waals surface area contributed by atoms with Crippen molar-refractivity contribution >= 4 is 39.2 Å². The molecule has 0 aliphatic heterocycles. The van der Waals surface area contributed by atoms with Crippen LogP contribution in [0.2, 0.25) is 0 Å². The largest absolute Gasteiger partial charge is 0.348 e. The number of carbonyl (C=O) groups excluding carboxylic acids is 1. The first-order valence-electron chi connectivity index (χ1n) is 7.81. The average molecular weight is 374 g/mol. The molecule has 0 spiro atoms. The number of rotatable bonds is 5. The summed E-state index contributed by atoms with van der Waals surface area (Å²) in [4.78, 5) is 33.9. The molecule has 7 heteroatoms. The molecule has 1 N–H and O–H groups in total. The van der Waals surface area contributed by atoms with E-state index in [9.17, 15) is 9.59 Å². The van der Waals surface area contributed by atoms with Gasteiger partial charge in [-0.15, -0.1) is 23.1 Å². The summed E-state index contributed by atoms with van der Waals surface area (Å²) in [6.45, 7) is 2.04. The van der Waals surface area contributed by atoms with Gasteiger partial charge < -0.3 is 9.88 Å². The minimum absolute atomic E-state index is 0.0474. The van der Waals surface area contributed by atoms with Crippen molar-refractivity contribution in [2.75, 3.05) is 19.8 Å². The van der Waals surface area contributed by atoms with Crippen molar-refractivity contribution in [2.24, 2.45) is 0 Å². The third-order valence-electron chi connectivity index (χ3n) is 3.82. The summed E-state index contributed by atoms with van der Waals surface area (Å²) in [5.41, 5.74) is 2.98. The molecule has 0 atom stereocenters. The third kappa shape index (κ3) is 3.93. The van der Waals surface area contributed by atoms with Crippen LogP contribution in [0.3, 0.4) is 0 Å². The number of aromatic amines is 1. The van der Waals surface area contributed by atoms with E-state index in [1.165, 1.54) is 28.7 Å². The van der Waals surface area contributed by atoms with E-state index < -0.39 is 0 Å². The van der Waals surface area contributed by atoms with Crippen molar-refractivity contribution < 1.29 is 4.79 Å². The zero-order valence-corrected chi connectivity index (χ0v) is 16.0. The molecule has 2 aromatic heterocycles. The lowest BCUT2D eigenvalue weighted by molar-refractivity contribution is -0.125. The smallest absolute Gasteiger partial charge is 0.260 e. The number of hydrogen-bond donors (Lipinski definition) is 1. The van der Waals surface area contributed by atoms with Crippen molar-refractivity contribution in [3.8, 4) is 11.1 Å². The zero-order chi connectivity index (χ0) is 18.0. The first-order valence-corrected chi connectivity index (χ1v) is 9.84. The van der Waals surface area contributed by atoms with Crippen LogP contribution in [0.15, 0.2) is 34.4 Å². The molecule has 0 unspecified atom stereocenters. The first-order chi connectivity index (χ1) is 12.0. The highest BCUT2D eigenvalue weighted by atomic mass is 32.2. The van der Waals surface area contributed by atoms with Gasteiger partial charge in [0.25, 0.3) is 5.56 Å². The van der Waals surface area contributed by atoms with Crippen LogP contribution in [0, 0.1) is 6.92 Å². The molecule has 0 saturated carbocycles. The summed E-state index contributed by atoms with van der Waals surface area (Å²) in [6, 6.07) is 8.11. The van der Waals surface area contributed by atoms with Crippen LogP contribution in [0.5, 0.6) is 0 Å². The minimum atomic E-state index is -0.128. The Hall–Kier alpha value is -2.12. The number of aromatic nitrogens is 2. The Morgan fingerprint density at radius 2 is 2.00 bits per heavy atom. The zero-order valence-electron chi connectivity index (χ0n) is 14.3. The fraction of sp³-hybridized carbons (Fsp3) is 0.278. The van der Waals surface area contributed by atoms with Crippen LogP contribution in [0.25, 0.3) is 21.3 Å². The fourth-order valence-electron chi connectivity index (χ4n) is 2.37. The maximum Gasteiger partial charge on any atom is 0.260 e. The molecule has 0 aliphatic carbocycles. The Morgan fingerprint density at radius 1 is 1.28 bits per heavy atom. The van der Waals surface area contributed by atoms with Crippen LogP contribution in [-0.4, -0.2) is 40.6 Å². The van der Waals surface area contributed by atoms with E-state index in [-0.39, 0.29) is 11.5 Å². The predicted molar refractivity (Wildman–Crippen MR) is 105 cm³/mol. The number of H-pyrrole nitrogens is 1. The number of nitrogens with zero attached hydrogens (tertiary/aromatic N) is 2.